The minimum Gasteiger partial charge on any atom is -0.383 e. The molecule has 1 aromatic heterocycles. The van der Waals surface area contributed by atoms with Crippen LogP contribution in [-0.4, -0.2) is 9.97 Å². The summed E-state index contributed by atoms with van der Waals surface area (Å²) in [6.07, 6.45) is 11.2. The Morgan fingerprint density at radius 3 is 2.47 bits per heavy atom. The molecule has 3 rings (SSSR count). The lowest BCUT2D eigenvalue weighted by Crippen LogP contribution is -2.16. The van der Waals surface area contributed by atoms with Crippen molar-refractivity contribution in [2.45, 2.75) is 63.7 Å². The molecule has 1 fully saturated rings. The van der Waals surface area contributed by atoms with E-state index in [1.54, 1.807) is 0 Å². The molecule has 2 N–H and O–H groups in total. The van der Waals surface area contributed by atoms with Crippen LogP contribution in [0.5, 0.6) is 0 Å². The van der Waals surface area contributed by atoms with Crippen LogP contribution in [0.3, 0.4) is 0 Å². The van der Waals surface area contributed by atoms with E-state index >= 15 is 0 Å². The smallest absolute Gasteiger partial charge is 0.134 e. The fourth-order valence-electron chi connectivity index (χ4n) is 3.19. The largest absolute Gasteiger partial charge is 0.383 e. The van der Waals surface area contributed by atoms with E-state index in [2.05, 4.69) is 4.98 Å². The van der Waals surface area contributed by atoms with Crippen LogP contribution in [0.4, 0.5) is 5.82 Å². The second kappa shape index (κ2) is 4.63. The SMILES string of the molecule is Nc1nc(C2CCCCC2)nc2c1CCCC2. The fraction of sp³-hybridized carbons (Fsp3) is 0.714. The second-order valence-corrected chi connectivity index (χ2v) is 5.43. The van der Waals surface area contributed by atoms with E-state index < -0.39 is 0 Å². The number of nitrogens with two attached hydrogens (primary N) is 1. The Kier molecular flexibility index (Phi) is 3.00. The lowest BCUT2D eigenvalue weighted by atomic mass is 9.88. The highest BCUT2D eigenvalue weighted by molar-refractivity contribution is 5.43. The molecular formula is C14H21N3. The minimum atomic E-state index is 0.568. The molecule has 0 unspecified atom stereocenters. The fourth-order valence-corrected chi connectivity index (χ4v) is 3.19. The van der Waals surface area contributed by atoms with Gasteiger partial charge in [-0.1, -0.05) is 19.3 Å². The van der Waals surface area contributed by atoms with Gasteiger partial charge in [-0.2, -0.15) is 0 Å². The lowest BCUT2D eigenvalue weighted by Gasteiger charge is -2.23. The van der Waals surface area contributed by atoms with Crippen molar-refractivity contribution in [1.29, 1.82) is 0 Å². The Bertz CT molecular complexity index is 408. The molecule has 0 amide bonds. The van der Waals surface area contributed by atoms with Crippen molar-refractivity contribution < 1.29 is 0 Å². The second-order valence-electron chi connectivity index (χ2n) is 5.43. The summed E-state index contributed by atoms with van der Waals surface area (Å²) in [5.74, 6) is 2.36. The normalized spacial score (nSPS) is 21.2. The van der Waals surface area contributed by atoms with Gasteiger partial charge in [-0.15, -0.1) is 0 Å². The third-order valence-electron chi connectivity index (χ3n) is 4.20. The molecule has 0 spiro atoms. The van der Waals surface area contributed by atoms with Crippen LogP contribution in [0, 0.1) is 0 Å². The van der Waals surface area contributed by atoms with Gasteiger partial charge in [0.1, 0.15) is 11.6 Å². The van der Waals surface area contributed by atoms with E-state index in [0.29, 0.717) is 5.92 Å². The first-order valence-corrected chi connectivity index (χ1v) is 7.00. The number of aromatic nitrogens is 2. The van der Waals surface area contributed by atoms with Crippen molar-refractivity contribution in [3.63, 3.8) is 0 Å². The molecule has 92 valence electrons. The molecular weight excluding hydrogens is 210 g/mol. The number of anilines is 1. The molecule has 2 aliphatic rings. The molecule has 1 heterocycles. The van der Waals surface area contributed by atoms with Crippen LogP contribution in [0.15, 0.2) is 0 Å². The van der Waals surface area contributed by atoms with Crippen LogP contribution in [0.2, 0.25) is 0 Å². The Morgan fingerprint density at radius 1 is 0.882 bits per heavy atom. The predicted molar refractivity (Wildman–Crippen MR) is 68.9 cm³/mol. The summed E-state index contributed by atoms with van der Waals surface area (Å²) in [7, 11) is 0. The van der Waals surface area contributed by atoms with Crippen LogP contribution in [-0.2, 0) is 12.8 Å². The summed E-state index contributed by atoms with van der Waals surface area (Å²) in [6.45, 7) is 0. The number of nitrogens with zero attached hydrogens (tertiary/aromatic N) is 2. The quantitative estimate of drug-likeness (QED) is 0.808. The first kappa shape index (κ1) is 11.0. The Hall–Kier alpha value is -1.12. The van der Waals surface area contributed by atoms with Gasteiger partial charge in [-0.25, -0.2) is 9.97 Å². The summed E-state index contributed by atoms with van der Waals surface area (Å²) < 4.78 is 0. The number of rotatable bonds is 1. The van der Waals surface area contributed by atoms with Crippen LogP contribution < -0.4 is 5.73 Å². The van der Waals surface area contributed by atoms with Crippen molar-refractivity contribution in [3.8, 4) is 0 Å². The van der Waals surface area contributed by atoms with Gasteiger partial charge in [0.25, 0.3) is 0 Å². The molecule has 0 bridgehead atoms. The number of hydrogen-bond acceptors (Lipinski definition) is 3. The van der Waals surface area contributed by atoms with Crippen LogP contribution >= 0.6 is 0 Å². The molecule has 1 aromatic rings. The predicted octanol–water partition coefficient (Wildman–Crippen LogP) is 2.99. The van der Waals surface area contributed by atoms with Gasteiger partial charge >= 0.3 is 0 Å². The molecule has 17 heavy (non-hydrogen) atoms. The topological polar surface area (TPSA) is 51.8 Å². The Morgan fingerprint density at radius 2 is 1.65 bits per heavy atom. The van der Waals surface area contributed by atoms with Gasteiger partial charge in [0.2, 0.25) is 0 Å². The Labute approximate surface area is 103 Å². The van der Waals surface area contributed by atoms with Gasteiger partial charge in [0.15, 0.2) is 0 Å². The summed E-state index contributed by atoms with van der Waals surface area (Å²) in [6, 6.07) is 0. The molecule has 0 aromatic carbocycles. The first-order chi connectivity index (χ1) is 8.34. The maximum absolute atomic E-state index is 6.10. The van der Waals surface area contributed by atoms with Gasteiger partial charge in [0, 0.05) is 17.2 Å². The number of hydrogen-bond donors (Lipinski definition) is 1. The van der Waals surface area contributed by atoms with Crippen molar-refractivity contribution in [2.24, 2.45) is 0 Å². The Balaban J connectivity index is 1.92. The molecule has 2 aliphatic carbocycles. The van der Waals surface area contributed by atoms with Crippen molar-refractivity contribution in [2.75, 3.05) is 5.73 Å². The molecule has 0 atom stereocenters. The van der Waals surface area contributed by atoms with Gasteiger partial charge in [-0.3, -0.25) is 0 Å². The summed E-state index contributed by atoms with van der Waals surface area (Å²) >= 11 is 0. The standard InChI is InChI=1S/C14H21N3/c15-13-11-8-4-5-9-12(11)16-14(17-13)10-6-2-1-3-7-10/h10H,1-9H2,(H2,15,16,17). The molecule has 3 heteroatoms. The zero-order valence-corrected chi connectivity index (χ0v) is 10.4. The maximum atomic E-state index is 6.10. The highest BCUT2D eigenvalue weighted by atomic mass is 15.0. The summed E-state index contributed by atoms with van der Waals surface area (Å²) in [5.41, 5.74) is 8.57. The maximum Gasteiger partial charge on any atom is 0.134 e. The highest BCUT2D eigenvalue weighted by Crippen LogP contribution is 2.33. The van der Waals surface area contributed by atoms with Gasteiger partial charge < -0.3 is 5.73 Å². The number of fused-ring (bicyclic) bond motifs is 1. The summed E-state index contributed by atoms with van der Waals surface area (Å²) in [5, 5.41) is 0. The average Bonchev–Trinajstić information content (AvgIpc) is 2.40. The van der Waals surface area contributed by atoms with E-state index in [0.717, 1.165) is 24.5 Å². The molecule has 1 saturated carbocycles. The first-order valence-electron chi connectivity index (χ1n) is 7.00. The van der Waals surface area contributed by atoms with E-state index in [9.17, 15) is 0 Å². The van der Waals surface area contributed by atoms with Gasteiger partial charge in [-0.05, 0) is 38.5 Å². The van der Waals surface area contributed by atoms with Crippen LogP contribution in [0.25, 0.3) is 0 Å². The minimum absolute atomic E-state index is 0.568. The monoisotopic (exact) mass is 231 g/mol. The number of nitrogen functional groups attached to an aromatic ring is 1. The zero-order chi connectivity index (χ0) is 11.7. The number of aryl methyl sites for hydroxylation is 1. The molecule has 0 radical (unpaired) electrons. The van der Waals surface area contributed by atoms with E-state index in [1.165, 1.54) is 56.2 Å². The third-order valence-corrected chi connectivity index (χ3v) is 4.20. The van der Waals surface area contributed by atoms with E-state index in [4.69, 9.17) is 10.7 Å². The van der Waals surface area contributed by atoms with Gasteiger partial charge in [0.05, 0.1) is 0 Å². The molecule has 0 aliphatic heterocycles. The van der Waals surface area contributed by atoms with E-state index in [-0.39, 0.29) is 0 Å². The highest BCUT2D eigenvalue weighted by Gasteiger charge is 2.22. The van der Waals surface area contributed by atoms with Crippen molar-refractivity contribution in [1.82, 2.24) is 9.97 Å². The lowest BCUT2D eigenvalue weighted by molar-refractivity contribution is 0.427. The van der Waals surface area contributed by atoms with E-state index in [1.807, 2.05) is 0 Å². The molecule has 3 nitrogen and oxygen atoms in total. The van der Waals surface area contributed by atoms with Crippen LogP contribution in [0.1, 0.15) is 67.9 Å². The van der Waals surface area contributed by atoms with Crippen molar-refractivity contribution in [3.05, 3.63) is 17.1 Å². The summed E-state index contributed by atoms with van der Waals surface area (Å²) in [4.78, 5) is 9.38. The van der Waals surface area contributed by atoms with Crippen molar-refractivity contribution >= 4 is 5.82 Å². The third kappa shape index (κ3) is 2.15. The molecule has 0 saturated heterocycles. The average molecular weight is 231 g/mol. The zero-order valence-electron chi connectivity index (χ0n) is 10.4.